The predicted molar refractivity (Wildman–Crippen MR) is 65.8 cm³/mol. The van der Waals surface area contributed by atoms with Gasteiger partial charge in [0.2, 0.25) is 0 Å². The lowest BCUT2D eigenvalue weighted by Crippen LogP contribution is -2.39. The van der Waals surface area contributed by atoms with E-state index in [2.05, 4.69) is 5.32 Å². The Morgan fingerprint density at radius 2 is 1.79 bits per heavy atom. The van der Waals surface area contributed by atoms with Crippen molar-refractivity contribution in [1.29, 1.82) is 0 Å². The summed E-state index contributed by atoms with van der Waals surface area (Å²) in [6.45, 7) is 4.57. The molecule has 3 amide bonds. The van der Waals surface area contributed by atoms with Crippen molar-refractivity contribution in [2.24, 2.45) is 0 Å². The van der Waals surface area contributed by atoms with Crippen molar-refractivity contribution in [3.8, 4) is 0 Å². The van der Waals surface area contributed by atoms with Crippen molar-refractivity contribution in [3.05, 3.63) is 22.6 Å². The molecule has 0 saturated heterocycles. The van der Waals surface area contributed by atoms with Gasteiger partial charge in [-0.05, 0) is 20.8 Å². The molecule has 0 radical (unpaired) electrons. The highest BCUT2D eigenvalue weighted by Gasteiger charge is 2.20. The summed E-state index contributed by atoms with van der Waals surface area (Å²) >= 11 is 0. The number of nitrogens with one attached hydrogen (secondary N) is 2. The summed E-state index contributed by atoms with van der Waals surface area (Å²) in [4.78, 5) is 33.9. The monoisotopic (exact) mass is 268 g/mol. The number of amides is 3. The van der Waals surface area contributed by atoms with E-state index < -0.39 is 24.5 Å². The molecule has 2 N–H and O–H groups in total. The summed E-state index contributed by atoms with van der Waals surface area (Å²) in [5, 5.41) is 4.19. The number of esters is 1. The van der Waals surface area contributed by atoms with E-state index >= 15 is 0 Å². The van der Waals surface area contributed by atoms with Crippen LogP contribution in [0.15, 0.2) is 4.42 Å². The van der Waals surface area contributed by atoms with Crippen LogP contribution in [0.2, 0.25) is 0 Å². The molecule has 0 spiro atoms. The summed E-state index contributed by atoms with van der Waals surface area (Å²) in [5.41, 5.74) is 0.986. The number of ether oxygens (including phenoxy) is 1. The van der Waals surface area contributed by atoms with Crippen LogP contribution in [0.1, 0.15) is 27.4 Å². The van der Waals surface area contributed by atoms with E-state index in [0.717, 1.165) is 0 Å². The zero-order chi connectivity index (χ0) is 14.6. The maximum absolute atomic E-state index is 11.8. The average molecular weight is 268 g/mol. The normalized spacial score (nSPS) is 9.89. The lowest BCUT2D eigenvalue weighted by atomic mass is 10.1. The van der Waals surface area contributed by atoms with Crippen LogP contribution in [-0.4, -0.2) is 31.6 Å². The fourth-order valence-electron chi connectivity index (χ4n) is 1.52. The van der Waals surface area contributed by atoms with Crippen LogP contribution in [0.3, 0.4) is 0 Å². The molecular formula is C12H16N2O5. The predicted octanol–water partition coefficient (Wildman–Crippen LogP) is 0.817. The van der Waals surface area contributed by atoms with Crippen LogP contribution in [0.4, 0.5) is 4.79 Å². The van der Waals surface area contributed by atoms with E-state index in [1.807, 2.05) is 5.32 Å². The van der Waals surface area contributed by atoms with Gasteiger partial charge in [-0.15, -0.1) is 0 Å². The molecule has 1 aromatic heterocycles. The first-order valence-electron chi connectivity index (χ1n) is 5.62. The van der Waals surface area contributed by atoms with E-state index in [0.29, 0.717) is 22.6 Å². The molecule has 0 saturated carbocycles. The lowest BCUT2D eigenvalue weighted by molar-refractivity contribution is -0.123. The molecule has 0 atom stereocenters. The van der Waals surface area contributed by atoms with E-state index in [1.54, 1.807) is 20.8 Å². The van der Waals surface area contributed by atoms with Gasteiger partial charge in [-0.1, -0.05) is 0 Å². The third-order valence-corrected chi connectivity index (χ3v) is 2.58. The Hall–Kier alpha value is -2.31. The second-order valence-corrected chi connectivity index (χ2v) is 3.92. The third-order valence-electron chi connectivity index (χ3n) is 2.58. The van der Waals surface area contributed by atoms with E-state index in [9.17, 15) is 14.4 Å². The summed E-state index contributed by atoms with van der Waals surface area (Å²) in [7, 11) is 1.37. The first-order valence-corrected chi connectivity index (χ1v) is 5.62. The van der Waals surface area contributed by atoms with Gasteiger partial charge < -0.3 is 14.5 Å². The molecule has 0 bridgehead atoms. The largest absolute Gasteiger partial charge is 0.465 e. The number of furan rings is 1. The van der Waals surface area contributed by atoms with Gasteiger partial charge in [0.05, 0.1) is 0 Å². The Morgan fingerprint density at radius 3 is 2.26 bits per heavy atom. The molecule has 7 heteroatoms. The van der Waals surface area contributed by atoms with Gasteiger partial charge in [0.1, 0.15) is 17.1 Å². The highest BCUT2D eigenvalue weighted by molar-refractivity contribution is 5.97. The van der Waals surface area contributed by atoms with Gasteiger partial charge in [-0.25, -0.2) is 9.59 Å². The van der Waals surface area contributed by atoms with Crippen LogP contribution in [-0.2, 0) is 9.53 Å². The van der Waals surface area contributed by atoms with Gasteiger partial charge in [-0.2, -0.15) is 0 Å². The standard InChI is InChI=1S/C12H16N2O5/c1-6-7(2)19-8(3)10(6)11(16)18-5-9(15)14-12(17)13-4/h5H2,1-4H3,(H2,13,14,15,17). The Labute approximate surface area is 110 Å². The zero-order valence-corrected chi connectivity index (χ0v) is 11.2. The second kappa shape index (κ2) is 6.03. The molecule has 1 heterocycles. The lowest BCUT2D eigenvalue weighted by Gasteiger charge is -2.05. The number of carbonyl (C=O) groups excluding carboxylic acids is 3. The molecule has 0 aliphatic heterocycles. The number of hydrogen-bond acceptors (Lipinski definition) is 5. The SMILES string of the molecule is CNC(=O)NC(=O)COC(=O)c1c(C)oc(C)c1C. The van der Waals surface area contributed by atoms with Gasteiger partial charge in [0.15, 0.2) is 6.61 Å². The summed E-state index contributed by atoms with van der Waals surface area (Å²) < 4.78 is 10.1. The third kappa shape index (κ3) is 3.57. The number of rotatable bonds is 3. The number of aryl methyl sites for hydroxylation is 2. The molecule has 0 aromatic carbocycles. The van der Waals surface area contributed by atoms with Crippen LogP contribution >= 0.6 is 0 Å². The molecule has 0 aliphatic carbocycles. The number of urea groups is 1. The molecule has 1 rings (SSSR count). The first-order chi connectivity index (χ1) is 8.86. The molecule has 0 unspecified atom stereocenters. The van der Waals surface area contributed by atoms with Crippen molar-refractivity contribution in [1.82, 2.24) is 10.6 Å². The molecule has 19 heavy (non-hydrogen) atoms. The maximum Gasteiger partial charge on any atom is 0.342 e. The highest BCUT2D eigenvalue weighted by atomic mass is 16.5. The molecular weight excluding hydrogens is 252 g/mol. The minimum absolute atomic E-state index is 0.310. The summed E-state index contributed by atoms with van der Waals surface area (Å²) in [6.07, 6.45) is 0. The van der Waals surface area contributed by atoms with Crippen molar-refractivity contribution in [2.75, 3.05) is 13.7 Å². The Morgan fingerprint density at radius 1 is 1.16 bits per heavy atom. The Kier molecular flexibility index (Phi) is 4.68. The maximum atomic E-state index is 11.8. The minimum Gasteiger partial charge on any atom is -0.465 e. The number of carbonyl (C=O) groups is 3. The van der Waals surface area contributed by atoms with Gasteiger partial charge in [0.25, 0.3) is 5.91 Å². The van der Waals surface area contributed by atoms with Crippen LogP contribution in [0.25, 0.3) is 0 Å². The van der Waals surface area contributed by atoms with Crippen molar-refractivity contribution >= 4 is 17.9 Å². The minimum atomic E-state index is -0.705. The van der Waals surface area contributed by atoms with Crippen LogP contribution in [0.5, 0.6) is 0 Å². The van der Waals surface area contributed by atoms with E-state index in [4.69, 9.17) is 9.15 Å². The number of hydrogen-bond donors (Lipinski definition) is 2. The Balaban J connectivity index is 2.61. The van der Waals surface area contributed by atoms with Crippen molar-refractivity contribution in [3.63, 3.8) is 0 Å². The van der Waals surface area contributed by atoms with Gasteiger partial charge >= 0.3 is 12.0 Å². The smallest absolute Gasteiger partial charge is 0.342 e. The first kappa shape index (κ1) is 14.7. The summed E-state index contributed by atoms with van der Waals surface area (Å²) in [6, 6.07) is -0.660. The highest BCUT2D eigenvalue weighted by Crippen LogP contribution is 2.21. The van der Waals surface area contributed by atoms with Gasteiger partial charge in [0, 0.05) is 12.6 Å². The van der Waals surface area contributed by atoms with Crippen molar-refractivity contribution < 1.29 is 23.5 Å². The number of imide groups is 1. The average Bonchev–Trinajstić information content (AvgIpc) is 2.60. The second-order valence-electron chi connectivity index (χ2n) is 3.92. The van der Waals surface area contributed by atoms with Crippen LogP contribution < -0.4 is 10.6 Å². The molecule has 0 aliphatic rings. The molecule has 1 aromatic rings. The molecule has 104 valence electrons. The molecule has 7 nitrogen and oxygen atoms in total. The van der Waals surface area contributed by atoms with Crippen molar-refractivity contribution in [2.45, 2.75) is 20.8 Å². The van der Waals surface area contributed by atoms with Crippen LogP contribution in [0, 0.1) is 20.8 Å². The van der Waals surface area contributed by atoms with Gasteiger partial charge in [-0.3, -0.25) is 10.1 Å². The molecule has 0 fully saturated rings. The van der Waals surface area contributed by atoms with E-state index in [-0.39, 0.29) is 0 Å². The fraction of sp³-hybridized carbons (Fsp3) is 0.417. The quantitative estimate of drug-likeness (QED) is 0.791. The Bertz CT molecular complexity index is 518. The van der Waals surface area contributed by atoms with E-state index in [1.165, 1.54) is 7.05 Å². The topological polar surface area (TPSA) is 97.6 Å². The zero-order valence-electron chi connectivity index (χ0n) is 11.2. The summed E-state index contributed by atoms with van der Waals surface area (Å²) in [5.74, 6) is -0.298. The fourth-order valence-corrected chi connectivity index (χ4v) is 1.52.